The fourth-order valence-electron chi connectivity index (χ4n) is 5.04. The molecule has 2 aliphatic rings. The third kappa shape index (κ3) is 10.7. The number of fused-ring (bicyclic) bond motifs is 1. The van der Waals surface area contributed by atoms with Crippen molar-refractivity contribution >= 4 is 6.29 Å². The lowest BCUT2D eigenvalue weighted by Gasteiger charge is -2.22. The maximum absolute atomic E-state index is 11.9. The molecule has 2 atom stereocenters. The standard InChI is InChI=1S/C21H24N2O3.C6H7N.C5H12.C2H6/c24-11-10-23-15-18(16-4-5-20-17(13-16)7-12-26-20)14-19(23)6-9-22-8-2-1-3-21(22)25;1-6-3-2-4-7-5-6;1-3-5-4-2;1-2/h1-5,8,11,13,18-19H,6-7,9-10,12,14-15H2;2-5H,1H3;3-5H2,1-2H3;1-2H3. The zero-order valence-electron chi connectivity index (χ0n) is 25.2. The van der Waals surface area contributed by atoms with Crippen LogP contribution in [0.25, 0.3) is 0 Å². The Morgan fingerprint density at radius 2 is 1.88 bits per heavy atom. The summed E-state index contributed by atoms with van der Waals surface area (Å²) in [5, 5.41) is 0. The van der Waals surface area contributed by atoms with Gasteiger partial charge in [0.2, 0.25) is 5.56 Å². The van der Waals surface area contributed by atoms with Crippen LogP contribution in [-0.4, -0.2) is 46.5 Å². The Bertz CT molecular complexity index is 1160. The van der Waals surface area contributed by atoms with Crippen LogP contribution in [-0.2, 0) is 17.8 Å². The Hall–Kier alpha value is -3.25. The van der Waals surface area contributed by atoms with Crippen LogP contribution >= 0.6 is 0 Å². The fourth-order valence-corrected chi connectivity index (χ4v) is 5.04. The number of aldehydes is 1. The summed E-state index contributed by atoms with van der Waals surface area (Å²) in [6, 6.07) is 16.0. The summed E-state index contributed by atoms with van der Waals surface area (Å²) in [7, 11) is 0. The molecule has 2 unspecified atom stereocenters. The van der Waals surface area contributed by atoms with E-state index in [2.05, 4.69) is 41.9 Å². The molecule has 0 aliphatic carbocycles. The number of pyridine rings is 2. The highest BCUT2D eigenvalue weighted by Crippen LogP contribution is 2.36. The first kappa shape index (κ1) is 33.0. The van der Waals surface area contributed by atoms with E-state index < -0.39 is 0 Å². The van der Waals surface area contributed by atoms with E-state index in [0.717, 1.165) is 44.4 Å². The summed E-state index contributed by atoms with van der Waals surface area (Å²) in [6.07, 6.45) is 13.4. The number of hydrogen-bond donors (Lipinski definition) is 0. The molecule has 6 nitrogen and oxygen atoms in total. The number of aromatic nitrogens is 2. The number of benzene rings is 1. The van der Waals surface area contributed by atoms with E-state index in [9.17, 15) is 9.59 Å². The van der Waals surface area contributed by atoms with Crippen molar-refractivity contribution in [1.82, 2.24) is 14.5 Å². The quantitative estimate of drug-likeness (QED) is 0.289. The van der Waals surface area contributed by atoms with Crippen molar-refractivity contribution in [2.75, 3.05) is 19.7 Å². The molecule has 6 heteroatoms. The van der Waals surface area contributed by atoms with E-state index in [1.807, 2.05) is 51.4 Å². The van der Waals surface area contributed by atoms with Crippen LogP contribution < -0.4 is 10.3 Å². The molecule has 0 bridgehead atoms. The molecule has 2 aliphatic heterocycles. The Morgan fingerprint density at radius 1 is 1.07 bits per heavy atom. The van der Waals surface area contributed by atoms with Gasteiger partial charge in [-0.1, -0.05) is 71.2 Å². The van der Waals surface area contributed by atoms with Gasteiger partial charge >= 0.3 is 0 Å². The van der Waals surface area contributed by atoms with Crippen molar-refractivity contribution in [1.29, 1.82) is 0 Å². The zero-order chi connectivity index (χ0) is 29.2. The summed E-state index contributed by atoms with van der Waals surface area (Å²) in [4.78, 5) is 29.2. The van der Waals surface area contributed by atoms with E-state index in [1.54, 1.807) is 22.9 Å². The van der Waals surface area contributed by atoms with Crippen molar-refractivity contribution in [3.8, 4) is 5.75 Å². The predicted molar refractivity (Wildman–Crippen MR) is 165 cm³/mol. The lowest BCUT2D eigenvalue weighted by molar-refractivity contribution is -0.109. The molecule has 1 fully saturated rings. The number of carbonyl (C=O) groups excluding carboxylic acids is 1. The van der Waals surface area contributed by atoms with Crippen molar-refractivity contribution in [2.45, 2.75) is 91.6 Å². The molecule has 0 spiro atoms. The van der Waals surface area contributed by atoms with Gasteiger partial charge in [-0.15, -0.1) is 0 Å². The first-order valence-electron chi connectivity index (χ1n) is 15.0. The molecular formula is C34H49N3O3. The molecule has 5 rings (SSSR count). The molecule has 1 aromatic carbocycles. The van der Waals surface area contributed by atoms with Crippen LogP contribution in [0.1, 0.15) is 82.4 Å². The van der Waals surface area contributed by atoms with Gasteiger partial charge in [0, 0.05) is 50.2 Å². The minimum absolute atomic E-state index is 0.0302. The largest absolute Gasteiger partial charge is 0.493 e. The molecule has 40 heavy (non-hydrogen) atoms. The second kappa shape index (κ2) is 18.9. The van der Waals surface area contributed by atoms with Gasteiger partial charge in [0.1, 0.15) is 12.0 Å². The first-order valence-corrected chi connectivity index (χ1v) is 15.0. The highest BCUT2D eigenvalue weighted by molar-refractivity contribution is 5.52. The van der Waals surface area contributed by atoms with Gasteiger partial charge in [-0.2, -0.15) is 0 Å². The van der Waals surface area contributed by atoms with Crippen molar-refractivity contribution < 1.29 is 9.53 Å². The number of ether oxygens (including phenoxy) is 1. The third-order valence-electron chi connectivity index (χ3n) is 7.14. The average Bonchev–Trinajstić information content (AvgIpc) is 3.62. The topological polar surface area (TPSA) is 64.4 Å². The second-order valence-corrected chi connectivity index (χ2v) is 10.1. The highest BCUT2D eigenvalue weighted by Gasteiger charge is 2.32. The maximum atomic E-state index is 11.9. The number of likely N-dealkylation sites (tertiary alicyclic amines) is 1. The summed E-state index contributed by atoms with van der Waals surface area (Å²) in [6.45, 7) is 13.3. The maximum Gasteiger partial charge on any atom is 0.250 e. The highest BCUT2D eigenvalue weighted by atomic mass is 16.5. The van der Waals surface area contributed by atoms with Gasteiger partial charge in [-0.25, -0.2) is 0 Å². The zero-order valence-corrected chi connectivity index (χ0v) is 25.2. The fraction of sp³-hybridized carbons (Fsp3) is 0.500. The van der Waals surface area contributed by atoms with Gasteiger partial charge in [-0.05, 0) is 60.6 Å². The normalized spacial score (nSPS) is 17.1. The van der Waals surface area contributed by atoms with E-state index in [-0.39, 0.29) is 5.56 Å². The lowest BCUT2D eigenvalue weighted by atomic mass is 9.93. The van der Waals surface area contributed by atoms with Gasteiger partial charge in [0.05, 0.1) is 13.2 Å². The van der Waals surface area contributed by atoms with Crippen LogP contribution in [0.3, 0.4) is 0 Å². The Balaban J connectivity index is 0.000000331. The summed E-state index contributed by atoms with van der Waals surface area (Å²) in [5.74, 6) is 1.44. The van der Waals surface area contributed by atoms with Crippen LogP contribution in [0.2, 0.25) is 0 Å². The van der Waals surface area contributed by atoms with Crippen LogP contribution in [0.5, 0.6) is 5.75 Å². The number of nitrogens with zero attached hydrogens (tertiary/aromatic N) is 3. The average molecular weight is 548 g/mol. The van der Waals surface area contributed by atoms with Crippen LogP contribution in [0.15, 0.2) is 71.9 Å². The van der Waals surface area contributed by atoms with Crippen molar-refractivity contribution in [3.05, 3.63) is 94.2 Å². The van der Waals surface area contributed by atoms with Crippen molar-refractivity contribution in [3.63, 3.8) is 0 Å². The number of unbranched alkanes of at least 4 members (excludes halogenated alkanes) is 2. The van der Waals surface area contributed by atoms with E-state index in [4.69, 9.17) is 4.74 Å². The Morgan fingerprint density at radius 3 is 2.48 bits per heavy atom. The minimum atomic E-state index is 0.0302. The minimum Gasteiger partial charge on any atom is -0.493 e. The number of rotatable bonds is 8. The van der Waals surface area contributed by atoms with E-state index in [0.29, 0.717) is 25.0 Å². The molecule has 3 aromatic rings. The van der Waals surface area contributed by atoms with E-state index >= 15 is 0 Å². The van der Waals surface area contributed by atoms with Gasteiger partial charge < -0.3 is 14.1 Å². The molecule has 4 heterocycles. The van der Waals surface area contributed by atoms with Gasteiger partial charge in [0.15, 0.2) is 0 Å². The van der Waals surface area contributed by atoms with E-state index in [1.165, 1.54) is 36.0 Å². The summed E-state index contributed by atoms with van der Waals surface area (Å²) < 4.78 is 7.36. The smallest absolute Gasteiger partial charge is 0.250 e. The summed E-state index contributed by atoms with van der Waals surface area (Å²) >= 11 is 0. The SMILES string of the molecule is CC.CCCCC.Cc1cccnc1.O=CCN1CC(c2ccc3c(c2)CCO3)CC1CCn1ccccc1=O. The Labute approximate surface area is 241 Å². The molecule has 0 radical (unpaired) electrons. The molecule has 218 valence electrons. The lowest BCUT2D eigenvalue weighted by Crippen LogP contribution is -2.33. The molecule has 2 aromatic heterocycles. The first-order chi connectivity index (χ1) is 19.5. The number of hydrogen-bond acceptors (Lipinski definition) is 5. The van der Waals surface area contributed by atoms with Crippen LogP contribution in [0, 0.1) is 6.92 Å². The number of aryl methyl sites for hydroxylation is 2. The monoisotopic (exact) mass is 547 g/mol. The van der Waals surface area contributed by atoms with Crippen LogP contribution in [0.4, 0.5) is 0 Å². The second-order valence-electron chi connectivity index (χ2n) is 10.1. The molecule has 0 N–H and O–H groups in total. The molecule has 0 amide bonds. The summed E-state index contributed by atoms with van der Waals surface area (Å²) in [5.41, 5.74) is 3.87. The van der Waals surface area contributed by atoms with Gasteiger partial charge in [0.25, 0.3) is 0 Å². The van der Waals surface area contributed by atoms with Gasteiger partial charge in [-0.3, -0.25) is 14.7 Å². The molecular weight excluding hydrogens is 498 g/mol. The predicted octanol–water partition coefficient (Wildman–Crippen LogP) is 6.84. The Kier molecular flexibility index (Phi) is 15.6. The molecule has 0 saturated carbocycles. The number of carbonyl (C=O) groups is 1. The molecule has 1 saturated heterocycles. The van der Waals surface area contributed by atoms with Crippen molar-refractivity contribution in [2.24, 2.45) is 0 Å². The third-order valence-corrected chi connectivity index (χ3v) is 7.14.